The zero-order valence-corrected chi connectivity index (χ0v) is 14.7. The van der Waals surface area contributed by atoms with Crippen LogP contribution < -0.4 is 20.1 Å². The molecule has 0 saturated heterocycles. The number of nitrogens with one attached hydrogen (secondary N) is 2. The van der Waals surface area contributed by atoms with Crippen molar-refractivity contribution in [1.29, 1.82) is 0 Å². The van der Waals surface area contributed by atoms with Crippen molar-refractivity contribution in [3.8, 4) is 11.5 Å². The van der Waals surface area contributed by atoms with Crippen LogP contribution in [0.4, 0.5) is 31.8 Å². The highest BCUT2D eigenvalue weighted by Gasteiger charge is 2.24. The first-order valence-electron chi connectivity index (χ1n) is 8.35. The van der Waals surface area contributed by atoms with Crippen molar-refractivity contribution in [3.05, 3.63) is 70.0 Å². The van der Waals surface area contributed by atoms with E-state index < -0.39 is 22.2 Å². The standard InChI is InChI=1S/C18H13F2N5O4/c19-11-2-3-13(12(20)6-11)24-18-16(25(26)27)17(22-8-23-18)21-7-10-1-4-14-15(5-10)29-9-28-14/h1-6,8H,7,9H2,(H2,21,22,23,24). The number of hydrogen-bond donors (Lipinski definition) is 2. The fourth-order valence-electron chi connectivity index (χ4n) is 2.73. The minimum absolute atomic E-state index is 0.0623. The van der Waals surface area contributed by atoms with Gasteiger partial charge in [-0.05, 0) is 29.8 Å². The molecule has 0 fully saturated rings. The molecule has 3 aromatic rings. The van der Waals surface area contributed by atoms with Crippen LogP contribution >= 0.6 is 0 Å². The fourth-order valence-corrected chi connectivity index (χ4v) is 2.73. The highest BCUT2D eigenvalue weighted by molar-refractivity contribution is 5.73. The first-order valence-corrected chi connectivity index (χ1v) is 8.35. The van der Waals surface area contributed by atoms with E-state index in [0.717, 1.165) is 24.0 Å². The maximum absolute atomic E-state index is 13.9. The lowest BCUT2D eigenvalue weighted by atomic mass is 10.2. The van der Waals surface area contributed by atoms with Crippen LogP contribution in [0.25, 0.3) is 0 Å². The average Bonchev–Trinajstić information content (AvgIpc) is 3.16. The Morgan fingerprint density at radius 2 is 1.86 bits per heavy atom. The molecule has 9 nitrogen and oxygen atoms in total. The number of fused-ring (bicyclic) bond motifs is 1. The van der Waals surface area contributed by atoms with Crippen molar-refractivity contribution in [2.24, 2.45) is 0 Å². The van der Waals surface area contributed by atoms with Crippen LogP contribution in [0.1, 0.15) is 5.56 Å². The Morgan fingerprint density at radius 3 is 2.66 bits per heavy atom. The number of nitrogens with zero attached hydrogens (tertiary/aromatic N) is 3. The van der Waals surface area contributed by atoms with Crippen molar-refractivity contribution >= 4 is 23.0 Å². The van der Waals surface area contributed by atoms with Crippen LogP contribution in [0.15, 0.2) is 42.7 Å². The zero-order valence-electron chi connectivity index (χ0n) is 14.7. The summed E-state index contributed by atoms with van der Waals surface area (Å²) in [5.74, 6) is -0.773. The van der Waals surface area contributed by atoms with Gasteiger partial charge in [-0.15, -0.1) is 0 Å². The van der Waals surface area contributed by atoms with Crippen molar-refractivity contribution in [1.82, 2.24) is 9.97 Å². The lowest BCUT2D eigenvalue weighted by molar-refractivity contribution is -0.383. The second-order valence-electron chi connectivity index (χ2n) is 5.97. The molecule has 2 aromatic carbocycles. The molecule has 0 bridgehead atoms. The summed E-state index contributed by atoms with van der Waals surface area (Å²) in [6.07, 6.45) is 1.10. The quantitative estimate of drug-likeness (QED) is 0.475. The van der Waals surface area contributed by atoms with E-state index >= 15 is 0 Å². The van der Waals surface area contributed by atoms with E-state index in [2.05, 4.69) is 20.6 Å². The van der Waals surface area contributed by atoms with Crippen molar-refractivity contribution < 1.29 is 23.2 Å². The first kappa shape index (κ1) is 18.3. The summed E-state index contributed by atoms with van der Waals surface area (Å²) in [5.41, 5.74) is 0.146. The smallest absolute Gasteiger partial charge is 0.353 e. The number of hydrogen-bond acceptors (Lipinski definition) is 8. The predicted octanol–water partition coefficient (Wildman–Crippen LogP) is 3.75. The Hall–Kier alpha value is -4.02. The largest absolute Gasteiger partial charge is 0.454 e. The van der Waals surface area contributed by atoms with Crippen molar-refractivity contribution in [2.45, 2.75) is 6.54 Å². The molecule has 0 atom stereocenters. The summed E-state index contributed by atoms with van der Waals surface area (Å²) in [5, 5.41) is 17.0. The zero-order chi connectivity index (χ0) is 20.4. The molecule has 1 aromatic heterocycles. The molecule has 0 spiro atoms. The van der Waals surface area contributed by atoms with Gasteiger partial charge in [0, 0.05) is 12.6 Å². The summed E-state index contributed by atoms with van der Waals surface area (Å²) < 4.78 is 37.5. The highest BCUT2D eigenvalue weighted by Crippen LogP contribution is 2.34. The van der Waals surface area contributed by atoms with Gasteiger partial charge < -0.3 is 20.1 Å². The molecule has 2 heterocycles. The monoisotopic (exact) mass is 401 g/mol. The van der Waals surface area contributed by atoms with E-state index in [9.17, 15) is 18.9 Å². The molecule has 0 aliphatic carbocycles. The van der Waals surface area contributed by atoms with E-state index in [4.69, 9.17) is 9.47 Å². The Balaban J connectivity index is 1.58. The average molecular weight is 401 g/mol. The molecule has 0 unspecified atom stereocenters. The highest BCUT2D eigenvalue weighted by atomic mass is 19.1. The van der Waals surface area contributed by atoms with E-state index in [-0.39, 0.29) is 30.7 Å². The predicted molar refractivity (Wildman–Crippen MR) is 98.2 cm³/mol. The van der Waals surface area contributed by atoms with E-state index in [1.807, 2.05) is 0 Å². The number of nitro groups is 1. The van der Waals surface area contributed by atoms with E-state index in [0.29, 0.717) is 17.6 Å². The second-order valence-corrected chi connectivity index (χ2v) is 5.97. The van der Waals surface area contributed by atoms with Crippen molar-refractivity contribution in [3.63, 3.8) is 0 Å². The second kappa shape index (κ2) is 7.54. The third-order valence-corrected chi connectivity index (χ3v) is 4.09. The molecule has 4 rings (SSSR count). The molecule has 1 aliphatic rings. The molecular weight excluding hydrogens is 388 g/mol. The number of benzene rings is 2. The molecule has 0 saturated carbocycles. The fraction of sp³-hybridized carbons (Fsp3) is 0.111. The van der Waals surface area contributed by atoms with Gasteiger partial charge in [-0.2, -0.15) is 0 Å². The number of aromatic nitrogens is 2. The lowest BCUT2D eigenvalue weighted by Crippen LogP contribution is -2.08. The third-order valence-electron chi connectivity index (χ3n) is 4.09. The molecule has 1 aliphatic heterocycles. The SMILES string of the molecule is O=[N+]([O-])c1c(NCc2ccc3c(c2)OCO3)ncnc1Nc1ccc(F)cc1F. The van der Waals surface area contributed by atoms with Gasteiger partial charge in [-0.25, -0.2) is 18.7 Å². The summed E-state index contributed by atoms with van der Waals surface area (Å²) in [4.78, 5) is 18.6. The van der Waals surface area contributed by atoms with Crippen LogP contribution in [0.2, 0.25) is 0 Å². The van der Waals surface area contributed by atoms with Crippen LogP contribution in [0.5, 0.6) is 11.5 Å². The van der Waals surface area contributed by atoms with Gasteiger partial charge in [0.15, 0.2) is 11.5 Å². The van der Waals surface area contributed by atoms with E-state index in [1.54, 1.807) is 18.2 Å². The Bertz CT molecular complexity index is 1100. The van der Waals surface area contributed by atoms with E-state index in [1.165, 1.54) is 0 Å². The first-order chi connectivity index (χ1) is 14.0. The lowest BCUT2D eigenvalue weighted by Gasteiger charge is -2.11. The van der Waals surface area contributed by atoms with Crippen molar-refractivity contribution in [2.75, 3.05) is 17.4 Å². The van der Waals surface area contributed by atoms with Gasteiger partial charge in [-0.1, -0.05) is 6.07 Å². The third kappa shape index (κ3) is 3.83. The molecule has 29 heavy (non-hydrogen) atoms. The molecular formula is C18H13F2N5O4. The van der Waals surface area contributed by atoms with Gasteiger partial charge >= 0.3 is 5.69 Å². The maximum atomic E-state index is 13.9. The normalized spacial score (nSPS) is 11.9. The number of ether oxygens (including phenoxy) is 2. The Labute approximate surface area is 162 Å². The maximum Gasteiger partial charge on any atom is 0.353 e. The summed E-state index contributed by atoms with van der Waals surface area (Å²) >= 11 is 0. The van der Waals surface area contributed by atoms with Gasteiger partial charge in [0.25, 0.3) is 0 Å². The molecule has 0 radical (unpaired) electrons. The Kier molecular flexibility index (Phi) is 4.77. The van der Waals surface area contributed by atoms with Crippen LogP contribution in [0, 0.1) is 21.7 Å². The van der Waals surface area contributed by atoms with Crippen LogP contribution in [-0.2, 0) is 6.54 Å². The van der Waals surface area contributed by atoms with Gasteiger partial charge in [0.05, 0.1) is 10.6 Å². The van der Waals surface area contributed by atoms with Gasteiger partial charge in [0.2, 0.25) is 18.4 Å². The van der Waals surface area contributed by atoms with Crippen LogP contribution in [-0.4, -0.2) is 21.7 Å². The molecule has 0 amide bonds. The summed E-state index contributed by atoms with van der Waals surface area (Å²) in [7, 11) is 0. The topological polar surface area (TPSA) is 111 Å². The van der Waals surface area contributed by atoms with Crippen LogP contribution in [0.3, 0.4) is 0 Å². The molecule has 2 N–H and O–H groups in total. The number of halogens is 2. The van der Waals surface area contributed by atoms with Gasteiger partial charge in [-0.3, -0.25) is 10.1 Å². The molecule has 148 valence electrons. The summed E-state index contributed by atoms with van der Waals surface area (Å²) in [6, 6.07) is 8.07. The minimum atomic E-state index is -0.909. The Morgan fingerprint density at radius 1 is 1.07 bits per heavy atom. The van der Waals surface area contributed by atoms with Gasteiger partial charge in [0.1, 0.15) is 18.0 Å². The minimum Gasteiger partial charge on any atom is -0.454 e. The summed E-state index contributed by atoms with van der Waals surface area (Å²) in [6.45, 7) is 0.345. The number of anilines is 3. The molecule has 11 heteroatoms. The number of rotatable bonds is 6.